The zero-order chi connectivity index (χ0) is 19.6. The molecule has 0 spiro atoms. The van der Waals surface area contributed by atoms with Gasteiger partial charge in [0.25, 0.3) is 11.1 Å². The predicted octanol–water partition coefficient (Wildman–Crippen LogP) is 5.99. The third-order valence-electron chi connectivity index (χ3n) is 3.84. The maximum absolute atomic E-state index is 13.7. The van der Waals surface area contributed by atoms with E-state index in [0.29, 0.717) is 31.7 Å². The van der Waals surface area contributed by atoms with Gasteiger partial charge in [-0.15, -0.1) is 0 Å². The monoisotopic (exact) mass is 513 g/mol. The number of benzene rings is 2. The largest absolute Gasteiger partial charge is 0.486 e. The van der Waals surface area contributed by atoms with Gasteiger partial charge in [0.2, 0.25) is 0 Å². The molecule has 0 bridgehead atoms. The second-order valence-electron chi connectivity index (χ2n) is 5.62. The van der Waals surface area contributed by atoms with Crippen molar-refractivity contribution in [3.05, 3.63) is 67.2 Å². The average molecular weight is 515 g/mol. The van der Waals surface area contributed by atoms with E-state index in [1.54, 1.807) is 43.3 Å². The summed E-state index contributed by atoms with van der Waals surface area (Å²) in [4.78, 5) is 25.6. The fourth-order valence-electron chi connectivity index (χ4n) is 2.49. The van der Waals surface area contributed by atoms with Crippen LogP contribution in [0.1, 0.15) is 18.1 Å². The first-order valence-electron chi connectivity index (χ1n) is 8.01. The van der Waals surface area contributed by atoms with E-state index < -0.39 is 0 Å². The van der Waals surface area contributed by atoms with E-state index >= 15 is 0 Å². The van der Waals surface area contributed by atoms with Crippen LogP contribution in [0.5, 0.6) is 5.75 Å². The van der Waals surface area contributed by atoms with Crippen LogP contribution in [0.3, 0.4) is 0 Å². The third-order valence-corrected chi connectivity index (χ3v) is 5.92. The van der Waals surface area contributed by atoms with E-state index in [1.807, 2.05) is 0 Å². The Kier molecular flexibility index (Phi) is 6.39. The highest BCUT2D eigenvalue weighted by molar-refractivity contribution is 9.11. The number of thioether (sulfide) groups is 1. The number of hydrogen-bond donors (Lipinski definition) is 0. The Labute approximate surface area is 177 Å². The van der Waals surface area contributed by atoms with E-state index in [1.165, 1.54) is 11.0 Å². The first-order valence-corrected chi connectivity index (χ1v) is 10.4. The van der Waals surface area contributed by atoms with Crippen molar-refractivity contribution in [3.63, 3.8) is 0 Å². The van der Waals surface area contributed by atoms with Crippen LogP contribution in [-0.4, -0.2) is 22.6 Å². The van der Waals surface area contributed by atoms with Crippen molar-refractivity contribution >= 4 is 60.8 Å². The summed E-state index contributed by atoms with van der Waals surface area (Å²) in [5.74, 6) is -0.0929. The van der Waals surface area contributed by atoms with Crippen molar-refractivity contribution < 1.29 is 18.7 Å². The van der Waals surface area contributed by atoms with Crippen LogP contribution in [-0.2, 0) is 11.4 Å². The Morgan fingerprint density at radius 3 is 2.44 bits per heavy atom. The quantitative estimate of drug-likeness (QED) is 0.460. The molecule has 0 unspecified atom stereocenters. The number of halogens is 3. The van der Waals surface area contributed by atoms with Gasteiger partial charge in [-0.2, -0.15) is 0 Å². The van der Waals surface area contributed by atoms with Crippen molar-refractivity contribution in [1.82, 2.24) is 4.90 Å². The van der Waals surface area contributed by atoms with Crippen molar-refractivity contribution in [2.45, 2.75) is 13.5 Å². The minimum Gasteiger partial charge on any atom is -0.486 e. The molecule has 1 heterocycles. The summed E-state index contributed by atoms with van der Waals surface area (Å²) in [6.07, 6.45) is 1.66. The molecule has 0 atom stereocenters. The van der Waals surface area contributed by atoms with Gasteiger partial charge in [-0.05, 0) is 80.4 Å². The molecule has 2 aromatic carbocycles. The van der Waals surface area contributed by atoms with E-state index in [9.17, 15) is 14.0 Å². The fourth-order valence-corrected chi connectivity index (χ4v) is 4.84. The van der Waals surface area contributed by atoms with Crippen LogP contribution >= 0.6 is 43.6 Å². The van der Waals surface area contributed by atoms with E-state index in [2.05, 4.69) is 31.9 Å². The first-order chi connectivity index (χ1) is 12.9. The summed E-state index contributed by atoms with van der Waals surface area (Å²) < 4.78 is 20.8. The van der Waals surface area contributed by atoms with Gasteiger partial charge in [-0.3, -0.25) is 14.5 Å². The van der Waals surface area contributed by atoms with Gasteiger partial charge in [0, 0.05) is 12.1 Å². The van der Waals surface area contributed by atoms with Gasteiger partial charge < -0.3 is 4.74 Å². The Hall–Kier alpha value is -1.64. The molecule has 2 amide bonds. The first kappa shape index (κ1) is 20.1. The normalized spacial score (nSPS) is 15.7. The minimum atomic E-state index is -0.326. The van der Waals surface area contributed by atoms with Crippen LogP contribution in [0.15, 0.2) is 50.2 Å². The zero-order valence-electron chi connectivity index (χ0n) is 14.2. The van der Waals surface area contributed by atoms with Crippen LogP contribution in [0, 0.1) is 5.82 Å². The molecule has 0 aliphatic carbocycles. The maximum Gasteiger partial charge on any atom is 0.293 e. The van der Waals surface area contributed by atoms with Crippen LogP contribution in [0.25, 0.3) is 6.08 Å². The van der Waals surface area contributed by atoms with Crippen LogP contribution in [0.2, 0.25) is 0 Å². The van der Waals surface area contributed by atoms with E-state index in [4.69, 9.17) is 4.74 Å². The number of imide groups is 1. The van der Waals surface area contributed by atoms with Crippen LogP contribution < -0.4 is 4.74 Å². The number of carbonyl (C=O) groups excluding carboxylic acids is 2. The molecule has 0 N–H and O–H groups in total. The molecule has 1 aliphatic rings. The Bertz CT molecular complexity index is 925. The molecule has 0 saturated carbocycles. The highest BCUT2D eigenvalue weighted by Gasteiger charge is 2.33. The highest BCUT2D eigenvalue weighted by Crippen LogP contribution is 2.38. The Morgan fingerprint density at radius 2 is 1.85 bits per heavy atom. The summed E-state index contributed by atoms with van der Waals surface area (Å²) >= 11 is 7.81. The zero-order valence-corrected chi connectivity index (χ0v) is 18.2. The van der Waals surface area contributed by atoms with Crippen molar-refractivity contribution in [2.24, 2.45) is 0 Å². The second-order valence-corrected chi connectivity index (χ2v) is 8.32. The summed E-state index contributed by atoms with van der Waals surface area (Å²) in [7, 11) is 0. The van der Waals surface area contributed by atoms with Crippen molar-refractivity contribution in [3.8, 4) is 5.75 Å². The van der Waals surface area contributed by atoms with Gasteiger partial charge in [0.15, 0.2) is 0 Å². The lowest BCUT2D eigenvalue weighted by Gasteiger charge is -2.12. The van der Waals surface area contributed by atoms with Gasteiger partial charge in [0.05, 0.1) is 13.9 Å². The van der Waals surface area contributed by atoms with E-state index in [0.717, 1.165) is 17.3 Å². The molecule has 0 radical (unpaired) electrons. The number of likely N-dealkylation sites (N-methyl/N-ethyl adjacent to an activating group) is 1. The SMILES string of the molecule is CCN1C(=O)S/C(=C/c2cc(Br)c(OCc3ccccc3F)c(Br)c2)C1=O. The number of ether oxygens (including phenoxy) is 1. The number of rotatable bonds is 5. The fraction of sp³-hybridized carbons (Fsp3) is 0.158. The molecular weight excluding hydrogens is 501 g/mol. The lowest BCUT2D eigenvalue weighted by atomic mass is 10.2. The number of hydrogen-bond acceptors (Lipinski definition) is 4. The number of nitrogens with zero attached hydrogens (tertiary/aromatic N) is 1. The maximum atomic E-state index is 13.7. The standard InChI is InChI=1S/C19H14Br2FNO3S/c1-2-23-18(24)16(27-19(23)25)9-11-7-13(20)17(14(21)8-11)26-10-12-5-3-4-6-15(12)22/h3-9H,2,10H2,1H3/b16-9+. The van der Waals surface area contributed by atoms with Crippen LogP contribution in [0.4, 0.5) is 9.18 Å². The van der Waals surface area contributed by atoms with Gasteiger partial charge >= 0.3 is 0 Å². The Balaban J connectivity index is 1.81. The topological polar surface area (TPSA) is 46.6 Å². The molecule has 1 aliphatic heterocycles. The highest BCUT2D eigenvalue weighted by atomic mass is 79.9. The minimum absolute atomic E-state index is 0.0820. The lowest BCUT2D eigenvalue weighted by Crippen LogP contribution is -2.27. The van der Waals surface area contributed by atoms with Gasteiger partial charge in [-0.25, -0.2) is 4.39 Å². The molecule has 8 heteroatoms. The second kappa shape index (κ2) is 8.58. The predicted molar refractivity (Wildman–Crippen MR) is 111 cm³/mol. The summed E-state index contributed by atoms with van der Waals surface area (Å²) in [6, 6.07) is 9.98. The molecule has 4 nitrogen and oxygen atoms in total. The Morgan fingerprint density at radius 1 is 1.19 bits per heavy atom. The van der Waals surface area contributed by atoms with Crippen molar-refractivity contribution in [1.29, 1.82) is 0 Å². The molecule has 3 rings (SSSR count). The molecule has 140 valence electrons. The summed E-state index contributed by atoms with van der Waals surface area (Å²) in [5, 5.41) is -0.267. The molecule has 1 fully saturated rings. The van der Waals surface area contributed by atoms with Crippen molar-refractivity contribution in [2.75, 3.05) is 6.54 Å². The molecule has 0 aromatic heterocycles. The molecule has 1 saturated heterocycles. The number of amides is 2. The summed E-state index contributed by atoms with van der Waals surface area (Å²) in [5.41, 5.74) is 1.18. The van der Waals surface area contributed by atoms with Gasteiger partial charge in [0.1, 0.15) is 18.2 Å². The smallest absolute Gasteiger partial charge is 0.293 e. The van der Waals surface area contributed by atoms with E-state index in [-0.39, 0.29) is 23.6 Å². The van der Waals surface area contributed by atoms with Gasteiger partial charge in [-0.1, -0.05) is 18.2 Å². The number of carbonyl (C=O) groups is 2. The lowest BCUT2D eigenvalue weighted by molar-refractivity contribution is -0.122. The molecule has 2 aromatic rings. The molecular formula is C19H14Br2FNO3S. The summed E-state index contributed by atoms with van der Waals surface area (Å²) in [6.45, 7) is 2.19. The molecule has 27 heavy (non-hydrogen) atoms. The third kappa shape index (κ3) is 4.44. The average Bonchev–Trinajstić information content (AvgIpc) is 2.88.